The van der Waals surface area contributed by atoms with E-state index in [1.807, 2.05) is 6.07 Å². The molecule has 2 rings (SSSR count). The van der Waals surface area contributed by atoms with Gasteiger partial charge in [0.1, 0.15) is 9.57 Å². The number of thioether (sulfide) groups is 1. The molecule has 0 aromatic heterocycles. The van der Waals surface area contributed by atoms with Crippen molar-refractivity contribution < 1.29 is 14.7 Å². The highest BCUT2D eigenvalue weighted by atomic mass is 32.2. The van der Waals surface area contributed by atoms with E-state index >= 15 is 0 Å². The van der Waals surface area contributed by atoms with Crippen LogP contribution in [-0.4, -0.2) is 26.6 Å². The predicted octanol–water partition coefficient (Wildman–Crippen LogP) is 1.89. The van der Waals surface area contributed by atoms with Gasteiger partial charge in [-0.3, -0.25) is 14.5 Å². The number of benzene rings is 1. The number of rotatable bonds is 3. The standard InChI is InChI=1S/C11H9NO3S2/c13-9(14)6-8-10(15)12(11(16)17-8)7-4-2-1-3-5-7/h1-5,8H,6H2,(H,13,14). The summed E-state index contributed by atoms with van der Waals surface area (Å²) in [6.45, 7) is 0. The molecular weight excluding hydrogens is 258 g/mol. The van der Waals surface area contributed by atoms with Gasteiger partial charge in [0.2, 0.25) is 5.91 Å². The molecule has 1 fully saturated rings. The Morgan fingerprint density at radius 1 is 1.41 bits per heavy atom. The summed E-state index contributed by atoms with van der Waals surface area (Å²) in [7, 11) is 0. The molecule has 1 aromatic carbocycles. The topological polar surface area (TPSA) is 57.6 Å². The van der Waals surface area contributed by atoms with Crippen LogP contribution in [0.15, 0.2) is 30.3 Å². The van der Waals surface area contributed by atoms with Crippen LogP contribution in [0.25, 0.3) is 0 Å². The first-order valence-corrected chi connectivity index (χ1v) is 6.20. The maximum atomic E-state index is 12.0. The van der Waals surface area contributed by atoms with E-state index in [4.69, 9.17) is 17.3 Å². The number of para-hydroxylation sites is 1. The Labute approximate surface area is 108 Å². The van der Waals surface area contributed by atoms with Crippen LogP contribution in [0, 0.1) is 0 Å². The summed E-state index contributed by atoms with van der Waals surface area (Å²) in [6.07, 6.45) is -0.201. The van der Waals surface area contributed by atoms with Crippen molar-refractivity contribution in [3.63, 3.8) is 0 Å². The Morgan fingerprint density at radius 3 is 2.65 bits per heavy atom. The molecule has 1 amide bonds. The zero-order valence-electron chi connectivity index (χ0n) is 8.70. The van der Waals surface area contributed by atoms with Crippen LogP contribution >= 0.6 is 24.0 Å². The zero-order valence-corrected chi connectivity index (χ0v) is 10.3. The molecule has 1 saturated heterocycles. The van der Waals surface area contributed by atoms with Crippen molar-refractivity contribution >= 4 is 45.9 Å². The van der Waals surface area contributed by atoms with Crippen molar-refractivity contribution in [2.75, 3.05) is 4.90 Å². The third-order valence-electron chi connectivity index (χ3n) is 2.30. The summed E-state index contributed by atoms with van der Waals surface area (Å²) in [4.78, 5) is 24.0. The highest BCUT2D eigenvalue weighted by molar-refractivity contribution is 8.25. The van der Waals surface area contributed by atoms with Crippen LogP contribution in [0.5, 0.6) is 0 Å². The van der Waals surface area contributed by atoms with Crippen molar-refractivity contribution in [1.29, 1.82) is 0 Å². The fraction of sp³-hybridized carbons (Fsp3) is 0.182. The Balaban J connectivity index is 2.23. The van der Waals surface area contributed by atoms with Gasteiger partial charge in [-0.25, -0.2) is 0 Å². The van der Waals surface area contributed by atoms with Gasteiger partial charge in [0.15, 0.2) is 0 Å². The summed E-state index contributed by atoms with van der Waals surface area (Å²) in [5, 5.41) is 8.10. The molecule has 6 heteroatoms. The molecule has 17 heavy (non-hydrogen) atoms. The van der Waals surface area contributed by atoms with Crippen molar-refractivity contribution in [2.24, 2.45) is 0 Å². The SMILES string of the molecule is O=C(O)CC1SC(=S)N(c2ccccc2)C1=O. The summed E-state index contributed by atoms with van der Waals surface area (Å²) in [6, 6.07) is 9.00. The number of carboxylic acid groups (broad SMARTS) is 1. The highest BCUT2D eigenvalue weighted by Gasteiger charge is 2.38. The number of thiocarbonyl (C=S) groups is 1. The number of hydrogen-bond donors (Lipinski definition) is 1. The Bertz CT molecular complexity index is 475. The first kappa shape index (κ1) is 12.1. The van der Waals surface area contributed by atoms with Crippen LogP contribution in [0.1, 0.15) is 6.42 Å². The summed E-state index contributed by atoms with van der Waals surface area (Å²) >= 11 is 6.24. The van der Waals surface area contributed by atoms with Gasteiger partial charge in [0, 0.05) is 0 Å². The molecule has 0 spiro atoms. The lowest BCUT2D eigenvalue weighted by atomic mass is 10.2. The van der Waals surface area contributed by atoms with E-state index in [0.29, 0.717) is 10.0 Å². The highest BCUT2D eigenvalue weighted by Crippen LogP contribution is 2.33. The third-order valence-corrected chi connectivity index (χ3v) is 3.80. The summed E-state index contributed by atoms with van der Waals surface area (Å²) < 4.78 is 0.410. The Kier molecular flexibility index (Phi) is 3.44. The Hall–Kier alpha value is -1.40. The molecule has 1 heterocycles. The van der Waals surface area contributed by atoms with Gasteiger partial charge in [0.05, 0.1) is 12.1 Å². The number of nitrogens with zero attached hydrogens (tertiary/aromatic N) is 1. The second kappa shape index (κ2) is 4.85. The first-order chi connectivity index (χ1) is 8.09. The number of hydrogen-bond acceptors (Lipinski definition) is 4. The van der Waals surface area contributed by atoms with Gasteiger partial charge in [-0.05, 0) is 12.1 Å². The van der Waals surface area contributed by atoms with Crippen molar-refractivity contribution in [3.8, 4) is 0 Å². The average molecular weight is 267 g/mol. The summed E-state index contributed by atoms with van der Waals surface area (Å²) in [5.41, 5.74) is 0.683. The molecule has 1 N–H and O–H groups in total. The second-order valence-corrected chi connectivity index (χ2v) is 5.32. The molecule has 1 aliphatic heterocycles. The zero-order chi connectivity index (χ0) is 12.4. The van der Waals surface area contributed by atoms with Gasteiger partial charge < -0.3 is 5.11 Å². The maximum Gasteiger partial charge on any atom is 0.305 e. The molecule has 1 unspecified atom stereocenters. The average Bonchev–Trinajstić information content (AvgIpc) is 2.54. The lowest BCUT2D eigenvalue weighted by Crippen LogP contribution is -2.31. The van der Waals surface area contributed by atoms with E-state index in [-0.39, 0.29) is 12.3 Å². The van der Waals surface area contributed by atoms with Crippen LogP contribution in [0.2, 0.25) is 0 Å². The van der Waals surface area contributed by atoms with E-state index in [1.54, 1.807) is 24.3 Å². The predicted molar refractivity (Wildman–Crippen MR) is 70.2 cm³/mol. The van der Waals surface area contributed by atoms with Gasteiger partial charge in [0.25, 0.3) is 0 Å². The molecule has 1 aliphatic rings. The van der Waals surface area contributed by atoms with Crippen LogP contribution in [0.4, 0.5) is 5.69 Å². The van der Waals surface area contributed by atoms with Crippen LogP contribution < -0.4 is 4.90 Å². The molecule has 0 aliphatic carbocycles. The van der Waals surface area contributed by atoms with E-state index in [2.05, 4.69) is 0 Å². The largest absolute Gasteiger partial charge is 0.481 e. The number of anilines is 1. The molecule has 88 valence electrons. The van der Waals surface area contributed by atoms with E-state index in [1.165, 1.54) is 4.90 Å². The first-order valence-electron chi connectivity index (χ1n) is 4.91. The molecule has 4 nitrogen and oxygen atoms in total. The van der Waals surface area contributed by atoms with Gasteiger partial charge in [-0.1, -0.05) is 42.2 Å². The number of aliphatic carboxylic acids is 1. The second-order valence-electron chi connectivity index (χ2n) is 3.48. The Morgan fingerprint density at radius 2 is 2.06 bits per heavy atom. The van der Waals surface area contributed by atoms with Crippen molar-refractivity contribution in [3.05, 3.63) is 30.3 Å². The third kappa shape index (κ3) is 2.48. The molecule has 1 atom stereocenters. The van der Waals surface area contributed by atoms with Gasteiger partial charge >= 0.3 is 5.97 Å². The van der Waals surface area contributed by atoms with E-state index < -0.39 is 11.2 Å². The molecule has 0 bridgehead atoms. The van der Waals surface area contributed by atoms with Crippen molar-refractivity contribution in [2.45, 2.75) is 11.7 Å². The molecule has 0 radical (unpaired) electrons. The van der Waals surface area contributed by atoms with Crippen LogP contribution in [-0.2, 0) is 9.59 Å². The minimum Gasteiger partial charge on any atom is -0.481 e. The van der Waals surface area contributed by atoms with Crippen LogP contribution in [0.3, 0.4) is 0 Å². The van der Waals surface area contributed by atoms with E-state index in [9.17, 15) is 9.59 Å². The number of amides is 1. The fourth-order valence-corrected chi connectivity index (χ4v) is 3.08. The molecular formula is C11H9NO3S2. The smallest absolute Gasteiger partial charge is 0.305 e. The molecule has 1 aromatic rings. The number of carbonyl (C=O) groups is 2. The monoisotopic (exact) mass is 267 g/mol. The quantitative estimate of drug-likeness (QED) is 0.848. The van der Waals surface area contributed by atoms with E-state index in [0.717, 1.165) is 11.8 Å². The molecule has 0 saturated carbocycles. The van der Waals surface area contributed by atoms with Gasteiger partial charge in [-0.15, -0.1) is 0 Å². The van der Waals surface area contributed by atoms with Crippen molar-refractivity contribution in [1.82, 2.24) is 0 Å². The minimum absolute atomic E-state index is 0.201. The minimum atomic E-state index is -0.992. The van der Waals surface area contributed by atoms with Gasteiger partial charge in [-0.2, -0.15) is 0 Å². The maximum absolute atomic E-state index is 12.0. The normalized spacial score (nSPS) is 19.8. The number of carboxylic acids is 1. The lowest BCUT2D eigenvalue weighted by Gasteiger charge is -2.14. The fourth-order valence-electron chi connectivity index (χ4n) is 1.56. The lowest BCUT2D eigenvalue weighted by molar-refractivity contribution is -0.138. The summed E-state index contributed by atoms with van der Waals surface area (Å²) in [5.74, 6) is -1.25. The number of carbonyl (C=O) groups excluding carboxylic acids is 1.